The first-order valence-corrected chi connectivity index (χ1v) is 12.6. The SMILES string of the molecule is CCOC(=O)Cc1ccc(-c2ccc(-c3nc4cc(O[C@@H]5CO[C@H]6[C@@H]5OC[C@H]6O)[nH]c4cc3F)cc2)cc1. The lowest BCUT2D eigenvalue weighted by molar-refractivity contribution is -0.142. The maximum atomic E-state index is 15.0. The molecule has 2 saturated heterocycles. The van der Waals surface area contributed by atoms with Crippen LogP contribution < -0.4 is 4.74 Å². The van der Waals surface area contributed by atoms with Crippen LogP contribution in [0.2, 0.25) is 0 Å². The first-order chi connectivity index (χ1) is 18.5. The van der Waals surface area contributed by atoms with Crippen LogP contribution in [0.3, 0.4) is 0 Å². The fraction of sp³-hybridized carbons (Fsp3) is 0.310. The Morgan fingerprint density at radius 3 is 2.45 bits per heavy atom. The number of aromatic amines is 1. The molecule has 0 aliphatic carbocycles. The molecule has 2 aliphatic heterocycles. The van der Waals surface area contributed by atoms with Crippen LogP contribution in [0.1, 0.15) is 12.5 Å². The molecule has 9 heteroatoms. The number of nitrogens with zero attached hydrogens (tertiary/aromatic N) is 1. The topological polar surface area (TPSA) is 103 Å². The molecule has 0 bridgehead atoms. The van der Waals surface area contributed by atoms with E-state index in [-0.39, 0.29) is 36.9 Å². The highest BCUT2D eigenvalue weighted by Crippen LogP contribution is 2.32. The Labute approximate surface area is 218 Å². The maximum Gasteiger partial charge on any atom is 0.310 e. The van der Waals surface area contributed by atoms with Crippen molar-refractivity contribution in [2.24, 2.45) is 0 Å². The van der Waals surface area contributed by atoms with Crippen LogP contribution in [0.15, 0.2) is 60.7 Å². The number of hydrogen-bond acceptors (Lipinski definition) is 7. The van der Waals surface area contributed by atoms with Gasteiger partial charge < -0.3 is 29.0 Å². The number of aliphatic hydroxyl groups excluding tert-OH is 1. The number of esters is 1. The van der Waals surface area contributed by atoms with E-state index in [2.05, 4.69) is 9.97 Å². The van der Waals surface area contributed by atoms with Crippen molar-refractivity contribution < 1.29 is 33.2 Å². The number of fused-ring (bicyclic) bond motifs is 2. The van der Waals surface area contributed by atoms with E-state index in [1.807, 2.05) is 48.5 Å². The predicted octanol–water partition coefficient (Wildman–Crippen LogP) is 4.05. The summed E-state index contributed by atoms with van der Waals surface area (Å²) >= 11 is 0. The predicted molar refractivity (Wildman–Crippen MR) is 137 cm³/mol. The summed E-state index contributed by atoms with van der Waals surface area (Å²) in [5.41, 5.74) is 4.81. The lowest BCUT2D eigenvalue weighted by Gasteiger charge is -2.16. The van der Waals surface area contributed by atoms with E-state index >= 15 is 4.39 Å². The standard InChI is InChI=1S/C29H27FN2O6/c1-2-35-26(34)11-16-3-5-17(6-4-16)18-7-9-19(10-8-18)27-20(30)12-21-22(32-27)13-25(31-21)38-24-15-37-28-23(33)14-36-29(24)28/h3-10,12-13,23-24,28-29,31,33H,2,11,14-15H2,1H3/t23-,24-,28-,29-/m1/s1. The van der Waals surface area contributed by atoms with Gasteiger partial charge >= 0.3 is 5.97 Å². The molecular formula is C29H27FN2O6. The quantitative estimate of drug-likeness (QED) is 0.356. The number of halogens is 1. The third kappa shape index (κ3) is 4.76. The Hall–Kier alpha value is -3.79. The van der Waals surface area contributed by atoms with E-state index in [1.54, 1.807) is 13.0 Å². The molecule has 2 aromatic heterocycles. The molecule has 0 unspecified atom stereocenters. The van der Waals surface area contributed by atoms with Crippen LogP contribution >= 0.6 is 0 Å². The van der Waals surface area contributed by atoms with Crippen molar-refractivity contribution >= 4 is 17.0 Å². The number of benzene rings is 2. The highest BCUT2D eigenvalue weighted by Gasteiger charge is 2.48. The van der Waals surface area contributed by atoms with Gasteiger partial charge in [-0.15, -0.1) is 0 Å². The Balaban J connectivity index is 1.18. The Morgan fingerprint density at radius 2 is 1.71 bits per heavy atom. The fourth-order valence-corrected chi connectivity index (χ4v) is 4.99. The molecule has 8 nitrogen and oxygen atoms in total. The number of ether oxygens (including phenoxy) is 4. The molecule has 2 fully saturated rings. The van der Waals surface area contributed by atoms with Crippen molar-refractivity contribution in [3.63, 3.8) is 0 Å². The lowest BCUT2D eigenvalue weighted by atomic mass is 10.0. The van der Waals surface area contributed by atoms with E-state index in [4.69, 9.17) is 18.9 Å². The third-order valence-electron chi connectivity index (χ3n) is 6.89. The van der Waals surface area contributed by atoms with Gasteiger partial charge in [0.05, 0.1) is 37.3 Å². The van der Waals surface area contributed by atoms with E-state index in [0.29, 0.717) is 35.7 Å². The minimum Gasteiger partial charge on any atom is -0.470 e. The molecule has 2 aliphatic rings. The van der Waals surface area contributed by atoms with Crippen LogP contribution in [0.25, 0.3) is 33.4 Å². The molecule has 0 amide bonds. The Kier molecular flexibility index (Phi) is 6.57. The molecule has 2 N–H and O–H groups in total. The number of rotatable bonds is 7. The summed E-state index contributed by atoms with van der Waals surface area (Å²) in [5, 5.41) is 9.92. The number of hydrogen-bond donors (Lipinski definition) is 2. The van der Waals surface area contributed by atoms with Crippen LogP contribution in [-0.2, 0) is 25.4 Å². The molecule has 196 valence electrons. The number of aliphatic hydroxyl groups is 1. The summed E-state index contributed by atoms with van der Waals surface area (Å²) in [6.45, 7) is 2.67. The summed E-state index contributed by atoms with van der Waals surface area (Å²) in [6, 6.07) is 18.3. The van der Waals surface area contributed by atoms with Gasteiger partial charge in [-0.2, -0.15) is 0 Å². The Morgan fingerprint density at radius 1 is 1.03 bits per heavy atom. The second kappa shape index (κ2) is 10.2. The third-order valence-corrected chi connectivity index (χ3v) is 6.89. The van der Waals surface area contributed by atoms with E-state index in [0.717, 1.165) is 16.7 Å². The number of aromatic nitrogens is 2. The molecule has 0 spiro atoms. The number of nitrogens with one attached hydrogen (secondary N) is 1. The van der Waals surface area contributed by atoms with Gasteiger partial charge in [0.2, 0.25) is 0 Å². The average Bonchev–Trinajstić information content (AvgIpc) is 3.61. The summed E-state index contributed by atoms with van der Waals surface area (Å²) in [6.07, 6.45) is -1.53. The number of H-pyrrole nitrogens is 1. The molecule has 4 atom stereocenters. The molecule has 0 saturated carbocycles. The van der Waals surface area contributed by atoms with Gasteiger partial charge in [-0.1, -0.05) is 48.5 Å². The first kappa shape index (κ1) is 24.5. The largest absolute Gasteiger partial charge is 0.470 e. The summed E-state index contributed by atoms with van der Waals surface area (Å²) in [7, 11) is 0. The van der Waals surface area contributed by atoms with Crippen molar-refractivity contribution in [2.45, 2.75) is 37.8 Å². The van der Waals surface area contributed by atoms with Crippen LogP contribution in [0, 0.1) is 5.82 Å². The average molecular weight is 519 g/mol. The smallest absolute Gasteiger partial charge is 0.310 e. The summed E-state index contributed by atoms with van der Waals surface area (Å²) in [4.78, 5) is 19.3. The lowest BCUT2D eigenvalue weighted by Crippen LogP contribution is -2.34. The van der Waals surface area contributed by atoms with Gasteiger partial charge in [0.25, 0.3) is 0 Å². The van der Waals surface area contributed by atoms with E-state index in [9.17, 15) is 9.90 Å². The van der Waals surface area contributed by atoms with Crippen molar-refractivity contribution in [1.29, 1.82) is 0 Å². The second-order valence-corrected chi connectivity index (χ2v) is 9.46. The minimum atomic E-state index is -0.656. The van der Waals surface area contributed by atoms with Crippen LogP contribution in [0.4, 0.5) is 4.39 Å². The number of carbonyl (C=O) groups excluding carboxylic acids is 1. The maximum absolute atomic E-state index is 15.0. The van der Waals surface area contributed by atoms with E-state index in [1.165, 1.54) is 6.07 Å². The van der Waals surface area contributed by atoms with Gasteiger partial charge in [-0.25, -0.2) is 9.37 Å². The normalized spacial score (nSPS) is 22.5. The fourth-order valence-electron chi connectivity index (χ4n) is 4.99. The van der Waals surface area contributed by atoms with Crippen LogP contribution in [0.5, 0.6) is 5.88 Å². The molecule has 4 heterocycles. The van der Waals surface area contributed by atoms with Gasteiger partial charge in [0.1, 0.15) is 24.0 Å². The minimum absolute atomic E-state index is 0.220. The molecular weight excluding hydrogens is 491 g/mol. The second-order valence-electron chi connectivity index (χ2n) is 9.46. The van der Waals surface area contributed by atoms with Gasteiger partial charge in [-0.3, -0.25) is 4.79 Å². The highest BCUT2D eigenvalue weighted by molar-refractivity contribution is 5.81. The molecule has 4 aromatic rings. The van der Waals surface area contributed by atoms with Crippen molar-refractivity contribution in [2.75, 3.05) is 19.8 Å². The molecule has 2 aromatic carbocycles. The van der Waals surface area contributed by atoms with Crippen molar-refractivity contribution in [3.8, 4) is 28.3 Å². The zero-order valence-corrected chi connectivity index (χ0v) is 20.7. The zero-order chi connectivity index (χ0) is 26.2. The van der Waals surface area contributed by atoms with E-state index < -0.39 is 18.0 Å². The highest BCUT2D eigenvalue weighted by atomic mass is 19.1. The van der Waals surface area contributed by atoms with Gasteiger partial charge in [0, 0.05) is 17.7 Å². The molecule has 38 heavy (non-hydrogen) atoms. The Bertz CT molecular complexity index is 1450. The van der Waals surface area contributed by atoms with Crippen molar-refractivity contribution in [1.82, 2.24) is 9.97 Å². The molecule has 0 radical (unpaired) electrons. The molecule has 6 rings (SSSR count). The first-order valence-electron chi connectivity index (χ1n) is 12.6. The number of carbonyl (C=O) groups is 1. The van der Waals surface area contributed by atoms with Crippen LogP contribution in [-0.4, -0.2) is 65.3 Å². The summed E-state index contributed by atoms with van der Waals surface area (Å²) < 4.78 is 37.3. The van der Waals surface area contributed by atoms with Crippen molar-refractivity contribution in [3.05, 3.63) is 72.0 Å². The summed E-state index contributed by atoms with van der Waals surface area (Å²) in [5.74, 6) is -0.264. The monoisotopic (exact) mass is 518 g/mol. The van der Waals surface area contributed by atoms with Gasteiger partial charge in [0.15, 0.2) is 17.8 Å². The number of pyridine rings is 1. The zero-order valence-electron chi connectivity index (χ0n) is 20.7. The van der Waals surface area contributed by atoms with Gasteiger partial charge in [-0.05, 0) is 23.6 Å².